The van der Waals surface area contributed by atoms with Crippen molar-refractivity contribution in [1.82, 2.24) is 29.5 Å². The summed E-state index contributed by atoms with van der Waals surface area (Å²) in [4.78, 5) is 26.1. The maximum atomic E-state index is 12.3. The van der Waals surface area contributed by atoms with E-state index in [1.165, 1.54) is 17.7 Å². The molecule has 30 heavy (non-hydrogen) atoms. The zero-order valence-electron chi connectivity index (χ0n) is 18.0. The molecule has 0 spiro atoms. The number of carbonyl (C=O) groups is 1. The average molecular weight is 407 g/mol. The van der Waals surface area contributed by atoms with Crippen LogP contribution in [0.3, 0.4) is 0 Å². The van der Waals surface area contributed by atoms with E-state index < -0.39 is 0 Å². The van der Waals surface area contributed by atoms with E-state index in [1.807, 2.05) is 43.7 Å². The van der Waals surface area contributed by atoms with Gasteiger partial charge in [0.25, 0.3) is 0 Å². The summed E-state index contributed by atoms with van der Waals surface area (Å²) in [6.45, 7) is 1.56. The predicted molar refractivity (Wildman–Crippen MR) is 117 cm³/mol. The number of aromatic nitrogens is 3. The van der Waals surface area contributed by atoms with Crippen molar-refractivity contribution in [2.24, 2.45) is 0 Å². The molecule has 1 atom stereocenters. The van der Waals surface area contributed by atoms with Crippen LogP contribution in [-0.2, 0) is 24.3 Å². The molecule has 3 aromatic rings. The van der Waals surface area contributed by atoms with Crippen LogP contribution < -0.4 is 5.32 Å². The first-order valence-electron chi connectivity index (χ1n) is 10.6. The van der Waals surface area contributed by atoms with E-state index in [0.29, 0.717) is 19.6 Å². The van der Waals surface area contributed by atoms with Crippen molar-refractivity contribution in [3.8, 4) is 0 Å². The molecule has 1 amide bonds. The quantitative estimate of drug-likeness (QED) is 0.653. The van der Waals surface area contributed by atoms with Gasteiger partial charge in [0, 0.05) is 26.0 Å². The Bertz CT molecular complexity index is 1030. The minimum Gasteiger partial charge on any atom is -0.339 e. The Morgan fingerprint density at radius 3 is 2.93 bits per heavy atom. The molecule has 7 heteroatoms. The lowest BCUT2D eigenvalue weighted by Gasteiger charge is -2.32. The fraction of sp³-hybridized carbons (Fsp3) is 0.435. The second-order valence-corrected chi connectivity index (χ2v) is 8.09. The second-order valence-electron chi connectivity index (χ2n) is 8.09. The number of likely N-dealkylation sites (N-methyl/N-ethyl adjacent to an activating group) is 2. The van der Waals surface area contributed by atoms with E-state index in [9.17, 15) is 4.79 Å². The molecule has 158 valence electrons. The van der Waals surface area contributed by atoms with Crippen molar-refractivity contribution in [2.45, 2.75) is 38.4 Å². The highest BCUT2D eigenvalue weighted by atomic mass is 16.2. The van der Waals surface area contributed by atoms with Crippen molar-refractivity contribution >= 4 is 11.6 Å². The number of nitrogens with one attached hydrogen (secondary N) is 1. The topological polar surface area (TPSA) is 65.8 Å². The van der Waals surface area contributed by atoms with Gasteiger partial charge in [-0.1, -0.05) is 12.1 Å². The van der Waals surface area contributed by atoms with Gasteiger partial charge in [-0.15, -0.1) is 0 Å². The number of aryl methyl sites for hydroxylation is 1. The van der Waals surface area contributed by atoms with Gasteiger partial charge < -0.3 is 14.6 Å². The van der Waals surface area contributed by atoms with Gasteiger partial charge in [-0.2, -0.15) is 0 Å². The lowest BCUT2D eigenvalue weighted by molar-refractivity contribution is -0.129. The summed E-state index contributed by atoms with van der Waals surface area (Å²) in [5, 5.41) is 2.94. The Balaban J connectivity index is 1.62. The smallest absolute Gasteiger partial charge is 0.236 e. The van der Waals surface area contributed by atoms with E-state index >= 15 is 0 Å². The van der Waals surface area contributed by atoms with Crippen LogP contribution in [0.1, 0.15) is 41.5 Å². The molecule has 0 unspecified atom stereocenters. The third kappa shape index (κ3) is 4.08. The summed E-state index contributed by atoms with van der Waals surface area (Å²) in [5.41, 5.74) is 5.52. The Kier molecular flexibility index (Phi) is 6.11. The number of nitrogens with zero attached hydrogens (tertiary/aromatic N) is 5. The van der Waals surface area contributed by atoms with Crippen molar-refractivity contribution in [3.05, 3.63) is 65.4 Å². The zero-order chi connectivity index (χ0) is 21.1. The molecule has 0 saturated carbocycles. The van der Waals surface area contributed by atoms with Crippen LogP contribution in [-0.4, -0.2) is 57.8 Å². The van der Waals surface area contributed by atoms with Crippen LogP contribution in [0.4, 0.5) is 0 Å². The highest BCUT2D eigenvalue weighted by Gasteiger charge is 2.26. The first-order chi connectivity index (χ1) is 14.6. The van der Waals surface area contributed by atoms with Crippen molar-refractivity contribution in [1.29, 1.82) is 0 Å². The number of hydrogen-bond acceptors (Lipinski definition) is 5. The first kappa shape index (κ1) is 20.5. The van der Waals surface area contributed by atoms with E-state index in [4.69, 9.17) is 9.97 Å². The summed E-state index contributed by atoms with van der Waals surface area (Å²) in [6, 6.07) is 10.5. The maximum absolute atomic E-state index is 12.3. The fourth-order valence-corrected chi connectivity index (χ4v) is 4.35. The average Bonchev–Trinajstić information content (AvgIpc) is 3.10. The molecule has 7 nitrogen and oxygen atoms in total. The molecular weight excluding hydrogens is 376 g/mol. The number of rotatable bonds is 7. The fourth-order valence-electron chi connectivity index (χ4n) is 4.35. The Morgan fingerprint density at radius 2 is 2.10 bits per heavy atom. The number of pyridine rings is 2. The molecule has 0 radical (unpaired) electrons. The molecule has 4 rings (SSSR count). The van der Waals surface area contributed by atoms with Gasteiger partial charge in [0.15, 0.2) is 0 Å². The highest BCUT2D eigenvalue weighted by molar-refractivity contribution is 5.77. The number of hydrogen-bond donors (Lipinski definition) is 1. The van der Waals surface area contributed by atoms with E-state index in [1.54, 1.807) is 11.9 Å². The second kappa shape index (κ2) is 8.93. The van der Waals surface area contributed by atoms with Crippen LogP contribution >= 0.6 is 0 Å². The largest absolute Gasteiger partial charge is 0.339 e. The summed E-state index contributed by atoms with van der Waals surface area (Å²) in [6.07, 6.45) is 7.29. The number of imidazole rings is 1. The minimum atomic E-state index is 0.0630. The summed E-state index contributed by atoms with van der Waals surface area (Å²) in [7, 11) is 5.78. The SMILES string of the molecule is CNCC(=O)N(C)Cc1c(CN(C)[C@H]2CCCc3cccnc32)nc2ccccn12. The number of fused-ring (bicyclic) bond motifs is 2. The van der Waals surface area contributed by atoms with Crippen LogP contribution in [0.5, 0.6) is 0 Å². The van der Waals surface area contributed by atoms with Crippen LogP contribution in [0.15, 0.2) is 42.7 Å². The molecule has 0 aromatic carbocycles. The van der Waals surface area contributed by atoms with Crippen LogP contribution in [0, 0.1) is 0 Å². The lowest BCUT2D eigenvalue weighted by atomic mass is 9.91. The third-order valence-electron chi connectivity index (χ3n) is 5.95. The van der Waals surface area contributed by atoms with Crippen LogP contribution in [0.2, 0.25) is 0 Å². The maximum Gasteiger partial charge on any atom is 0.236 e. The van der Waals surface area contributed by atoms with Gasteiger partial charge in [0.2, 0.25) is 5.91 Å². The Morgan fingerprint density at radius 1 is 1.23 bits per heavy atom. The third-order valence-corrected chi connectivity index (χ3v) is 5.95. The molecule has 1 N–H and O–H groups in total. The molecule has 0 fully saturated rings. The van der Waals surface area contributed by atoms with Gasteiger partial charge in [0.1, 0.15) is 5.65 Å². The van der Waals surface area contributed by atoms with E-state index in [-0.39, 0.29) is 11.9 Å². The van der Waals surface area contributed by atoms with Crippen molar-refractivity contribution in [2.75, 3.05) is 27.7 Å². The van der Waals surface area contributed by atoms with Crippen molar-refractivity contribution in [3.63, 3.8) is 0 Å². The molecule has 0 bridgehead atoms. The molecular formula is C23H30N6O. The first-order valence-corrected chi connectivity index (χ1v) is 10.6. The minimum absolute atomic E-state index is 0.0630. The van der Waals surface area contributed by atoms with Gasteiger partial charge in [0.05, 0.1) is 36.2 Å². The zero-order valence-corrected chi connectivity index (χ0v) is 18.0. The molecule has 3 heterocycles. The highest BCUT2D eigenvalue weighted by Crippen LogP contribution is 2.33. The van der Waals surface area contributed by atoms with Gasteiger partial charge in [-0.25, -0.2) is 4.98 Å². The number of amides is 1. The lowest BCUT2D eigenvalue weighted by Crippen LogP contribution is -2.34. The Labute approximate surface area is 177 Å². The summed E-state index contributed by atoms with van der Waals surface area (Å²) in [5.74, 6) is 0.0630. The molecule has 0 aliphatic heterocycles. The molecule has 1 aliphatic carbocycles. The molecule has 0 saturated heterocycles. The molecule has 3 aromatic heterocycles. The molecule has 1 aliphatic rings. The monoisotopic (exact) mass is 406 g/mol. The van der Waals surface area contributed by atoms with E-state index in [0.717, 1.165) is 29.9 Å². The normalized spacial score (nSPS) is 16.1. The predicted octanol–water partition coefficient (Wildman–Crippen LogP) is 2.42. The van der Waals surface area contributed by atoms with Crippen molar-refractivity contribution < 1.29 is 4.79 Å². The van der Waals surface area contributed by atoms with Crippen LogP contribution in [0.25, 0.3) is 5.65 Å². The van der Waals surface area contributed by atoms with Gasteiger partial charge >= 0.3 is 0 Å². The van der Waals surface area contributed by atoms with Gasteiger partial charge in [-0.3, -0.25) is 14.7 Å². The van der Waals surface area contributed by atoms with E-state index in [2.05, 4.69) is 27.7 Å². The van der Waals surface area contributed by atoms with Gasteiger partial charge in [-0.05, 0) is 57.1 Å². The summed E-state index contributed by atoms with van der Waals surface area (Å²) < 4.78 is 2.10. The Hall–Kier alpha value is -2.77. The number of carbonyl (C=O) groups excluding carboxylic acids is 1. The standard InChI is InChI=1S/C23H30N6O/c1-24-14-22(30)28(3)16-20-18(26-21-11-4-5-13-29(20)21)15-27(2)19-10-6-8-17-9-7-12-25-23(17)19/h4-5,7,9,11-13,19,24H,6,8,10,14-16H2,1-3H3/t19-/m0/s1. The summed E-state index contributed by atoms with van der Waals surface area (Å²) >= 11 is 0.